The van der Waals surface area contributed by atoms with Crippen molar-refractivity contribution in [1.29, 1.82) is 0 Å². The fourth-order valence-electron chi connectivity index (χ4n) is 2.29. The summed E-state index contributed by atoms with van der Waals surface area (Å²) in [4.78, 5) is 30.4. The van der Waals surface area contributed by atoms with Gasteiger partial charge in [-0.05, 0) is 43.3 Å². The first kappa shape index (κ1) is 19.9. The Hall–Kier alpha value is -2.83. The minimum atomic E-state index is -0.974. The predicted octanol–water partition coefficient (Wildman–Crippen LogP) is 5.07. The molecular weight excluding hydrogens is 396 g/mol. The van der Waals surface area contributed by atoms with Crippen LogP contribution in [0.3, 0.4) is 0 Å². The minimum Gasteiger partial charge on any atom is -0.449 e. The summed E-state index contributed by atoms with van der Waals surface area (Å²) < 4.78 is 5.23. The smallest absolute Gasteiger partial charge is 0.340 e. The lowest BCUT2D eigenvalue weighted by molar-refractivity contribution is -0.123. The molecule has 0 aliphatic rings. The van der Waals surface area contributed by atoms with Gasteiger partial charge in [0.05, 0.1) is 11.3 Å². The Morgan fingerprint density at radius 1 is 1.04 bits per heavy atom. The molecular formula is C21H17ClN2O3S. The van der Waals surface area contributed by atoms with Crippen LogP contribution in [0.25, 0.3) is 0 Å². The Morgan fingerprint density at radius 2 is 1.75 bits per heavy atom. The van der Waals surface area contributed by atoms with Gasteiger partial charge in [0.25, 0.3) is 5.91 Å². The van der Waals surface area contributed by atoms with Crippen molar-refractivity contribution in [2.24, 2.45) is 0 Å². The van der Waals surface area contributed by atoms with E-state index in [9.17, 15) is 9.59 Å². The summed E-state index contributed by atoms with van der Waals surface area (Å²) in [6.07, 6.45) is 0.333. The van der Waals surface area contributed by atoms with Crippen molar-refractivity contribution in [3.63, 3.8) is 0 Å². The lowest BCUT2D eigenvalue weighted by Crippen LogP contribution is -2.30. The molecule has 1 atom stereocenters. The highest BCUT2D eigenvalue weighted by molar-refractivity contribution is 7.99. The van der Waals surface area contributed by atoms with Crippen molar-refractivity contribution in [3.8, 4) is 0 Å². The van der Waals surface area contributed by atoms with E-state index in [1.54, 1.807) is 6.07 Å². The number of aromatic nitrogens is 1. The standard InChI is InChI=1S/C21H17ClN2O3S/c1-14(27-21(26)15-11-12-19(22)23-13-15)20(25)24-17-9-5-6-10-18(17)28-16-7-3-2-4-8-16/h2-14H,1H3,(H,24,25). The molecule has 7 heteroatoms. The predicted molar refractivity (Wildman–Crippen MR) is 110 cm³/mol. The second-order valence-electron chi connectivity index (χ2n) is 5.82. The van der Waals surface area contributed by atoms with Crippen LogP contribution in [0.4, 0.5) is 5.69 Å². The molecule has 0 bridgehead atoms. The van der Waals surface area contributed by atoms with Gasteiger partial charge >= 0.3 is 5.97 Å². The van der Waals surface area contributed by atoms with E-state index in [1.807, 2.05) is 48.5 Å². The molecule has 3 aromatic rings. The van der Waals surface area contributed by atoms with Crippen LogP contribution in [0.2, 0.25) is 5.15 Å². The molecule has 1 unspecified atom stereocenters. The van der Waals surface area contributed by atoms with E-state index in [1.165, 1.54) is 37.0 Å². The molecule has 0 spiro atoms. The van der Waals surface area contributed by atoms with Crippen molar-refractivity contribution in [2.45, 2.75) is 22.8 Å². The van der Waals surface area contributed by atoms with Gasteiger partial charge in [-0.15, -0.1) is 0 Å². The first-order valence-electron chi connectivity index (χ1n) is 8.48. The monoisotopic (exact) mass is 412 g/mol. The Morgan fingerprint density at radius 3 is 2.46 bits per heavy atom. The molecule has 0 aliphatic heterocycles. The van der Waals surface area contributed by atoms with Gasteiger partial charge in [0.1, 0.15) is 5.15 Å². The summed E-state index contributed by atoms with van der Waals surface area (Å²) in [6.45, 7) is 1.52. The van der Waals surface area contributed by atoms with E-state index in [-0.39, 0.29) is 10.7 Å². The first-order chi connectivity index (χ1) is 13.5. The number of benzene rings is 2. The molecule has 0 fully saturated rings. The maximum Gasteiger partial charge on any atom is 0.340 e. The van der Waals surface area contributed by atoms with E-state index in [4.69, 9.17) is 16.3 Å². The maximum absolute atomic E-state index is 12.5. The van der Waals surface area contributed by atoms with Crippen molar-refractivity contribution >= 4 is 40.9 Å². The van der Waals surface area contributed by atoms with Crippen LogP contribution in [0.1, 0.15) is 17.3 Å². The minimum absolute atomic E-state index is 0.226. The van der Waals surface area contributed by atoms with Crippen LogP contribution >= 0.6 is 23.4 Å². The van der Waals surface area contributed by atoms with E-state index in [2.05, 4.69) is 10.3 Å². The van der Waals surface area contributed by atoms with Crippen molar-refractivity contribution in [2.75, 3.05) is 5.32 Å². The molecule has 142 valence electrons. The third-order valence-corrected chi connectivity index (χ3v) is 5.04. The average molecular weight is 413 g/mol. The third-order valence-electron chi connectivity index (χ3n) is 3.73. The van der Waals surface area contributed by atoms with Gasteiger partial charge in [-0.25, -0.2) is 9.78 Å². The molecule has 3 rings (SSSR count). The molecule has 0 saturated carbocycles. The lowest BCUT2D eigenvalue weighted by Gasteiger charge is -2.15. The highest BCUT2D eigenvalue weighted by atomic mass is 35.5. The molecule has 2 aromatic carbocycles. The van der Waals surface area contributed by atoms with Crippen molar-refractivity contribution in [3.05, 3.63) is 83.6 Å². The zero-order valence-electron chi connectivity index (χ0n) is 15.0. The summed E-state index contributed by atoms with van der Waals surface area (Å²) in [5, 5.41) is 3.10. The topological polar surface area (TPSA) is 68.3 Å². The molecule has 1 amide bonds. The number of hydrogen-bond donors (Lipinski definition) is 1. The molecule has 0 saturated heterocycles. The van der Waals surface area contributed by atoms with E-state index < -0.39 is 18.0 Å². The average Bonchev–Trinajstić information content (AvgIpc) is 2.70. The lowest BCUT2D eigenvalue weighted by atomic mass is 10.2. The normalized spacial score (nSPS) is 11.5. The molecule has 28 heavy (non-hydrogen) atoms. The van der Waals surface area contributed by atoms with Gasteiger partial charge in [-0.1, -0.05) is 53.7 Å². The number of anilines is 1. The number of nitrogens with zero attached hydrogens (tertiary/aromatic N) is 1. The second kappa shape index (κ2) is 9.39. The molecule has 5 nitrogen and oxygen atoms in total. The van der Waals surface area contributed by atoms with E-state index in [0.717, 1.165) is 9.79 Å². The fourth-order valence-corrected chi connectivity index (χ4v) is 3.32. The Bertz CT molecular complexity index is 965. The Labute approximate surface area is 172 Å². The molecule has 0 radical (unpaired) electrons. The van der Waals surface area contributed by atoms with E-state index >= 15 is 0 Å². The number of esters is 1. The van der Waals surface area contributed by atoms with Gasteiger partial charge in [-0.2, -0.15) is 0 Å². The quantitative estimate of drug-likeness (QED) is 0.452. The summed E-state index contributed by atoms with van der Waals surface area (Å²) in [6, 6.07) is 20.3. The zero-order chi connectivity index (χ0) is 19.9. The molecule has 1 N–H and O–H groups in total. The third kappa shape index (κ3) is 5.34. The van der Waals surface area contributed by atoms with Gasteiger partial charge in [0.15, 0.2) is 6.10 Å². The number of ether oxygens (including phenoxy) is 1. The number of amides is 1. The number of nitrogens with one attached hydrogen (secondary N) is 1. The van der Waals surface area contributed by atoms with Gasteiger partial charge in [0, 0.05) is 16.0 Å². The second-order valence-corrected chi connectivity index (χ2v) is 7.32. The highest BCUT2D eigenvalue weighted by Gasteiger charge is 2.20. The number of pyridine rings is 1. The summed E-state index contributed by atoms with van der Waals surface area (Å²) >= 11 is 7.24. The zero-order valence-corrected chi connectivity index (χ0v) is 16.5. The van der Waals surface area contributed by atoms with Crippen LogP contribution in [-0.2, 0) is 9.53 Å². The number of carbonyl (C=O) groups excluding carboxylic acids is 2. The van der Waals surface area contributed by atoms with Crippen molar-refractivity contribution < 1.29 is 14.3 Å². The first-order valence-corrected chi connectivity index (χ1v) is 9.67. The molecule has 0 aliphatic carbocycles. The Kier molecular flexibility index (Phi) is 6.68. The van der Waals surface area contributed by atoms with Crippen LogP contribution < -0.4 is 5.32 Å². The number of halogens is 1. The SMILES string of the molecule is CC(OC(=O)c1ccc(Cl)nc1)C(=O)Nc1ccccc1Sc1ccccc1. The molecule has 1 aromatic heterocycles. The number of rotatable bonds is 6. The van der Waals surface area contributed by atoms with E-state index in [0.29, 0.717) is 5.69 Å². The largest absolute Gasteiger partial charge is 0.449 e. The Balaban J connectivity index is 1.65. The van der Waals surface area contributed by atoms with Gasteiger partial charge in [-0.3, -0.25) is 4.79 Å². The van der Waals surface area contributed by atoms with Crippen LogP contribution in [0.5, 0.6) is 0 Å². The fraction of sp³-hybridized carbons (Fsp3) is 0.0952. The number of carbonyl (C=O) groups is 2. The van der Waals surface area contributed by atoms with Crippen LogP contribution in [0, 0.1) is 0 Å². The van der Waals surface area contributed by atoms with Crippen LogP contribution in [0.15, 0.2) is 82.7 Å². The number of para-hydroxylation sites is 1. The van der Waals surface area contributed by atoms with Gasteiger partial charge < -0.3 is 10.1 Å². The summed E-state index contributed by atoms with van der Waals surface area (Å²) in [5.41, 5.74) is 0.876. The number of hydrogen-bond acceptors (Lipinski definition) is 5. The molecule has 1 heterocycles. The summed E-state index contributed by atoms with van der Waals surface area (Å²) in [5.74, 6) is -1.06. The van der Waals surface area contributed by atoms with Gasteiger partial charge in [0.2, 0.25) is 0 Å². The van der Waals surface area contributed by atoms with Crippen molar-refractivity contribution in [1.82, 2.24) is 4.98 Å². The highest BCUT2D eigenvalue weighted by Crippen LogP contribution is 2.33. The summed E-state index contributed by atoms with van der Waals surface area (Å²) in [7, 11) is 0. The maximum atomic E-state index is 12.5. The van der Waals surface area contributed by atoms with Crippen LogP contribution in [-0.4, -0.2) is 23.0 Å².